The molecule has 7 nitrogen and oxygen atoms in total. The molecule has 226 valence electrons. The quantitative estimate of drug-likeness (QED) is 0.296. The van der Waals surface area contributed by atoms with Crippen LogP contribution in [0.15, 0.2) is 48.5 Å². The van der Waals surface area contributed by atoms with Gasteiger partial charge in [-0.1, -0.05) is 74.4 Å². The summed E-state index contributed by atoms with van der Waals surface area (Å²) in [6.45, 7) is 19.3. The lowest BCUT2D eigenvalue weighted by Crippen LogP contribution is -2.60. The smallest absolute Gasteiger partial charge is 0.408 e. The summed E-state index contributed by atoms with van der Waals surface area (Å²) in [4.78, 5) is 43.6. The van der Waals surface area contributed by atoms with E-state index >= 15 is 0 Å². The second-order valence-corrected chi connectivity index (χ2v) is 12.7. The Morgan fingerprint density at radius 3 is 2.10 bits per heavy atom. The van der Waals surface area contributed by atoms with Gasteiger partial charge in [-0.2, -0.15) is 0 Å². The summed E-state index contributed by atoms with van der Waals surface area (Å²) in [5.74, 6) is -0.571. The Morgan fingerprint density at radius 1 is 0.927 bits per heavy atom. The number of benzene rings is 2. The molecule has 0 saturated carbocycles. The van der Waals surface area contributed by atoms with Crippen molar-refractivity contribution < 1.29 is 19.1 Å². The SMILES string of the molecule is CCCC(C)NC(=O)C(c1ccc(C)cc1C)N(C(=O)C(Cc1ccccc1)NC(=O)OC(C)(C)C)C(C)(C)CC. The van der Waals surface area contributed by atoms with Gasteiger partial charge in [-0.3, -0.25) is 9.59 Å². The molecular formula is C34H51N3O4. The van der Waals surface area contributed by atoms with E-state index in [0.29, 0.717) is 6.42 Å². The van der Waals surface area contributed by atoms with Crippen LogP contribution in [0.1, 0.15) is 103 Å². The third-order valence-corrected chi connectivity index (χ3v) is 7.36. The summed E-state index contributed by atoms with van der Waals surface area (Å²) < 4.78 is 5.55. The summed E-state index contributed by atoms with van der Waals surface area (Å²) in [5.41, 5.74) is 2.21. The van der Waals surface area contributed by atoms with Crippen LogP contribution in [0, 0.1) is 13.8 Å². The van der Waals surface area contributed by atoms with E-state index in [4.69, 9.17) is 4.74 Å². The summed E-state index contributed by atoms with van der Waals surface area (Å²) in [6, 6.07) is 13.6. The van der Waals surface area contributed by atoms with E-state index in [1.165, 1.54) is 0 Å². The average Bonchev–Trinajstić information content (AvgIpc) is 2.86. The molecule has 0 aliphatic rings. The van der Waals surface area contributed by atoms with Gasteiger partial charge in [0.15, 0.2) is 0 Å². The van der Waals surface area contributed by atoms with E-state index in [1.807, 2.05) is 90.1 Å². The molecule has 3 amide bonds. The van der Waals surface area contributed by atoms with Crippen molar-refractivity contribution in [1.29, 1.82) is 0 Å². The van der Waals surface area contributed by atoms with Gasteiger partial charge < -0.3 is 20.3 Å². The number of rotatable bonds is 12. The van der Waals surface area contributed by atoms with Crippen molar-refractivity contribution in [2.24, 2.45) is 0 Å². The molecule has 2 rings (SSSR count). The molecule has 41 heavy (non-hydrogen) atoms. The number of carbonyl (C=O) groups is 3. The van der Waals surface area contributed by atoms with Gasteiger partial charge in [0.2, 0.25) is 11.8 Å². The second kappa shape index (κ2) is 14.5. The predicted octanol–water partition coefficient (Wildman–Crippen LogP) is 6.80. The molecule has 0 fully saturated rings. The van der Waals surface area contributed by atoms with E-state index in [0.717, 1.165) is 35.1 Å². The van der Waals surface area contributed by atoms with E-state index in [-0.39, 0.29) is 24.3 Å². The highest BCUT2D eigenvalue weighted by atomic mass is 16.6. The monoisotopic (exact) mass is 565 g/mol. The van der Waals surface area contributed by atoms with E-state index < -0.39 is 29.3 Å². The topological polar surface area (TPSA) is 87.7 Å². The molecule has 0 bridgehead atoms. The Bertz CT molecular complexity index is 1170. The zero-order valence-electron chi connectivity index (χ0n) is 26.8. The number of carbonyl (C=O) groups excluding carboxylic acids is 3. The lowest BCUT2D eigenvalue weighted by atomic mass is 9.89. The van der Waals surface area contributed by atoms with Crippen LogP contribution in [-0.2, 0) is 20.7 Å². The molecule has 0 aromatic heterocycles. The number of alkyl carbamates (subject to hydrolysis) is 1. The maximum atomic E-state index is 14.7. The first kappa shape index (κ1) is 33.9. The van der Waals surface area contributed by atoms with Gasteiger partial charge in [0.1, 0.15) is 17.7 Å². The molecule has 0 aliphatic carbocycles. The van der Waals surface area contributed by atoms with Gasteiger partial charge >= 0.3 is 6.09 Å². The minimum Gasteiger partial charge on any atom is -0.444 e. The molecule has 2 N–H and O–H groups in total. The van der Waals surface area contributed by atoms with Crippen molar-refractivity contribution in [2.45, 2.75) is 124 Å². The average molecular weight is 566 g/mol. The zero-order chi connectivity index (χ0) is 31.0. The molecule has 2 aromatic carbocycles. The highest BCUT2D eigenvalue weighted by molar-refractivity contribution is 5.93. The Morgan fingerprint density at radius 2 is 1.56 bits per heavy atom. The van der Waals surface area contributed by atoms with Crippen LogP contribution in [0.2, 0.25) is 0 Å². The van der Waals surface area contributed by atoms with Crippen LogP contribution < -0.4 is 10.6 Å². The summed E-state index contributed by atoms with van der Waals surface area (Å²) in [5, 5.41) is 6.01. The lowest BCUT2D eigenvalue weighted by molar-refractivity contribution is -0.149. The van der Waals surface area contributed by atoms with Gasteiger partial charge in [0.25, 0.3) is 0 Å². The molecule has 3 unspecified atom stereocenters. The summed E-state index contributed by atoms with van der Waals surface area (Å²) in [7, 11) is 0. The minimum absolute atomic E-state index is 0.0533. The number of nitrogens with zero attached hydrogens (tertiary/aromatic N) is 1. The van der Waals surface area contributed by atoms with Crippen LogP contribution in [-0.4, -0.2) is 46.0 Å². The van der Waals surface area contributed by atoms with Gasteiger partial charge in [0.05, 0.1) is 0 Å². The molecule has 0 saturated heterocycles. The zero-order valence-corrected chi connectivity index (χ0v) is 26.8. The normalized spacial score (nSPS) is 14.0. The fourth-order valence-corrected chi connectivity index (χ4v) is 4.97. The van der Waals surface area contributed by atoms with E-state index in [2.05, 4.69) is 17.6 Å². The van der Waals surface area contributed by atoms with E-state index in [1.54, 1.807) is 25.7 Å². The van der Waals surface area contributed by atoms with Crippen molar-refractivity contribution in [3.63, 3.8) is 0 Å². The van der Waals surface area contributed by atoms with Gasteiger partial charge in [0, 0.05) is 18.0 Å². The first-order valence-electron chi connectivity index (χ1n) is 14.8. The molecule has 0 radical (unpaired) electrons. The van der Waals surface area contributed by atoms with Crippen molar-refractivity contribution in [3.8, 4) is 0 Å². The van der Waals surface area contributed by atoms with E-state index in [9.17, 15) is 14.4 Å². The number of amides is 3. The number of hydrogen-bond acceptors (Lipinski definition) is 4. The Hall–Kier alpha value is -3.35. The Balaban J connectivity index is 2.69. The van der Waals surface area contributed by atoms with Crippen LogP contribution in [0.3, 0.4) is 0 Å². The number of ether oxygens (including phenoxy) is 1. The molecule has 0 spiro atoms. The number of hydrogen-bond donors (Lipinski definition) is 2. The third-order valence-electron chi connectivity index (χ3n) is 7.36. The summed E-state index contributed by atoms with van der Waals surface area (Å²) in [6.07, 6.45) is 1.93. The molecule has 0 heterocycles. The van der Waals surface area contributed by atoms with Gasteiger partial charge in [-0.05, 0) is 84.9 Å². The van der Waals surface area contributed by atoms with Crippen molar-refractivity contribution in [3.05, 3.63) is 70.8 Å². The third kappa shape index (κ3) is 9.91. The number of nitrogens with one attached hydrogen (secondary N) is 2. The van der Waals surface area contributed by atoms with Gasteiger partial charge in [-0.25, -0.2) is 4.79 Å². The minimum atomic E-state index is -0.952. The standard InChI is InChI=1S/C34H51N3O4/c1-11-16-25(5)35-30(38)29(27-20-19-23(3)21-24(27)4)37(34(9,10)12-2)31(39)28(22-26-17-14-13-15-18-26)36-32(40)41-33(6,7)8/h13-15,17-21,25,28-29H,11-12,16,22H2,1-10H3,(H,35,38)(H,36,40). The first-order chi connectivity index (χ1) is 19.1. The first-order valence-corrected chi connectivity index (χ1v) is 14.8. The Labute approximate surface area is 247 Å². The van der Waals surface area contributed by atoms with Gasteiger partial charge in [-0.15, -0.1) is 0 Å². The van der Waals surface area contributed by atoms with Crippen molar-refractivity contribution in [1.82, 2.24) is 15.5 Å². The highest BCUT2D eigenvalue weighted by Crippen LogP contribution is 2.34. The second-order valence-electron chi connectivity index (χ2n) is 12.7. The van der Waals surface area contributed by atoms with Crippen molar-refractivity contribution >= 4 is 17.9 Å². The highest BCUT2D eigenvalue weighted by Gasteiger charge is 2.43. The summed E-state index contributed by atoms with van der Waals surface area (Å²) >= 11 is 0. The fourth-order valence-electron chi connectivity index (χ4n) is 4.97. The van der Waals surface area contributed by atoms with Crippen LogP contribution >= 0.6 is 0 Å². The number of aryl methyl sites for hydroxylation is 2. The molecule has 2 aromatic rings. The van der Waals surface area contributed by atoms with Crippen LogP contribution in [0.5, 0.6) is 0 Å². The molecule has 3 atom stereocenters. The lowest BCUT2D eigenvalue weighted by Gasteiger charge is -2.45. The maximum Gasteiger partial charge on any atom is 0.408 e. The maximum absolute atomic E-state index is 14.7. The Kier molecular flexibility index (Phi) is 12.0. The largest absolute Gasteiger partial charge is 0.444 e. The van der Waals surface area contributed by atoms with Crippen molar-refractivity contribution in [2.75, 3.05) is 0 Å². The molecule has 7 heteroatoms. The van der Waals surface area contributed by atoms with Crippen LogP contribution in [0.25, 0.3) is 0 Å². The fraction of sp³-hybridized carbons (Fsp3) is 0.559. The molecular weight excluding hydrogens is 514 g/mol. The van der Waals surface area contributed by atoms with Crippen LogP contribution in [0.4, 0.5) is 4.79 Å². The molecule has 0 aliphatic heterocycles. The predicted molar refractivity (Wildman–Crippen MR) is 166 cm³/mol.